The maximum Gasteiger partial charge on any atom is 0.337 e. The average Bonchev–Trinajstić information content (AvgIpc) is 2.68. The van der Waals surface area contributed by atoms with Crippen LogP contribution >= 0.6 is 0 Å². The number of nitrogens with one attached hydrogen (secondary N) is 1. The molecule has 0 bridgehead atoms. The Morgan fingerprint density at radius 1 is 1.26 bits per heavy atom. The summed E-state index contributed by atoms with van der Waals surface area (Å²) in [4.78, 5) is 40.4. The molecule has 0 saturated carbocycles. The molecule has 27 heavy (non-hydrogen) atoms. The molecule has 0 aliphatic carbocycles. The van der Waals surface area contributed by atoms with Crippen molar-refractivity contribution in [2.75, 3.05) is 39.7 Å². The molecule has 0 spiro atoms. The Hall–Kier alpha value is -2.77. The third-order valence-corrected chi connectivity index (χ3v) is 4.67. The molecule has 0 radical (unpaired) electrons. The summed E-state index contributed by atoms with van der Waals surface area (Å²) in [6, 6.07) is 3.77. The van der Waals surface area contributed by atoms with E-state index in [1.807, 2.05) is 6.92 Å². The van der Waals surface area contributed by atoms with Gasteiger partial charge in [-0.05, 0) is 24.6 Å². The molecule has 1 N–H and O–H groups in total. The number of amides is 3. The van der Waals surface area contributed by atoms with E-state index < -0.39 is 18.0 Å². The third-order valence-electron chi connectivity index (χ3n) is 4.67. The van der Waals surface area contributed by atoms with E-state index in [-0.39, 0.29) is 5.91 Å². The van der Waals surface area contributed by atoms with E-state index >= 15 is 0 Å². The van der Waals surface area contributed by atoms with Crippen LogP contribution in [0.5, 0.6) is 5.75 Å². The summed E-state index contributed by atoms with van der Waals surface area (Å²) in [5.74, 6) is -0.148. The van der Waals surface area contributed by atoms with Gasteiger partial charge in [-0.2, -0.15) is 0 Å². The molecular weight excluding hydrogens is 350 g/mol. The van der Waals surface area contributed by atoms with Gasteiger partial charge in [0.05, 0.1) is 25.5 Å². The highest BCUT2D eigenvalue weighted by molar-refractivity contribution is 5.97. The number of hydrogen-bond donors (Lipinski definition) is 1. The second-order valence-electron chi connectivity index (χ2n) is 6.45. The topological polar surface area (TPSA) is 88.2 Å². The Bertz CT molecular complexity index is 707. The van der Waals surface area contributed by atoms with Crippen LogP contribution < -0.4 is 10.1 Å². The number of carbonyl (C=O) groups excluding carboxylic acids is 3. The summed E-state index contributed by atoms with van der Waals surface area (Å²) in [6.07, 6.45) is 2.42. The molecule has 1 heterocycles. The number of likely N-dealkylation sites (N-methyl/N-ethyl adjacent to an activating group) is 1. The van der Waals surface area contributed by atoms with Crippen molar-refractivity contribution < 1.29 is 23.9 Å². The SMILES string of the molecule is CCCCC1C(=O)N(C)CCN1C(=O)Nc1cc(C(=O)OC)ccc1OC. The summed E-state index contributed by atoms with van der Waals surface area (Å²) >= 11 is 0. The first-order valence-corrected chi connectivity index (χ1v) is 9.01. The van der Waals surface area contributed by atoms with Gasteiger partial charge < -0.3 is 24.6 Å². The molecule has 0 aromatic heterocycles. The Kier molecular flexibility index (Phi) is 7.04. The molecule has 1 atom stereocenters. The minimum atomic E-state index is -0.510. The fourth-order valence-electron chi connectivity index (χ4n) is 3.07. The third kappa shape index (κ3) is 4.69. The Labute approximate surface area is 159 Å². The van der Waals surface area contributed by atoms with Crippen molar-refractivity contribution in [2.24, 2.45) is 0 Å². The second kappa shape index (κ2) is 9.25. The van der Waals surface area contributed by atoms with Crippen LogP contribution in [0.25, 0.3) is 0 Å². The lowest BCUT2D eigenvalue weighted by Crippen LogP contribution is -2.58. The summed E-state index contributed by atoms with van der Waals surface area (Å²) in [7, 11) is 4.52. The maximum absolute atomic E-state index is 12.9. The van der Waals surface area contributed by atoms with E-state index in [1.165, 1.54) is 20.3 Å². The average molecular weight is 377 g/mol. The minimum absolute atomic E-state index is 0.0554. The number of esters is 1. The minimum Gasteiger partial charge on any atom is -0.495 e. The number of unbranched alkanes of at least 4 members (excludes halogenated alkanes) is 1. The summed E-state index contributed by atoms with van der Waals surface area (Å²) in [5.41, 5.74) is 0.650. The van der Waals surface area contributed by atoms with Crippen molar-refractivity contribution in [3.8, 4) is 5.75 Å². The van der Waals surface area contributed by atoms with Crippen molar-refractivity contribution in [3.63, 3.8) is 0 Å². The van der Waals surface area contributed by atoms with E-state index in [9.17, 15) is 14.4 Å². The highest BCUT2D eigenvalue weighted by Crippen LogP contribution is 2.27. The quantitative estimate of drug-likeness (QED) is 0.769. The van der Waals surface area contributed by atoms with Crippen molar-refractivity contribution in [2.45, 2.75) is 32.2 Å². The van der Waals surface area contributed by atoms with Gasteiger partial charge in [0.25, 0.3) is 0 Å². The molecule has 1 aromatic rings. The van der Waals surface area contributed by atoms with Gasteiger partial charge in [0.15, 0.2) is 0 Å². The summed E-state index contributed by atoms with van der Waals surface area (Å²) in [6.45, 7) is 2.97. The van der Waals surface area contributed by atoms with E-state index in [0.717, 1.165) is 12.8 Å². The molecule has 148 valence electrons. The van der Waals surface area contributed by atoms with Crippen molar-refractivity contribution in [1.82, 2.24) is 9.80 Å². The smallest absolute Gasteiger partial charge is 0.337 e. The number of anilines is 1. The van der Waals surface area contributed by atoms with Crippen LogP contribution in [0.15, 0.2) is 18.2 Å². The lowest BCUT2D eigenvalue weighted by atomic mass is 10.0. The van der Waals surface area contributed by atoms with Crippen LogP contribution in [0.2, 0.25) is 0 Å². The number of piperazine rings is 1. The molecule has 8 nitrogen and oxygen atoms in total. The van der Waals surface area contributed by atoms with Gasteiger partial charge in [0.2, 0.25) is 5.91 Å². The zero-order chi connectivity index (χ0) is 20.0. The van der Waals surface area contributed by atoms with Crippen LogP contribution in [-0.2, 0) is 9.53 Å². The Balaban J connectivity index is 2.23. The molecule has 1 aliphatic heterocycles. The second-order valence-corrected chi connectivity index (χ2v) is 6.45. The van der Waals surface area contributed by atoms with Gasteiger partial charge in [0.1, 0.15) is 11.8 Å². The van der Waals surface area contributed by atoms with Gasteiger partial charge in [-0.15, -0.1) is 0 Å². The highest BCUT2D eigenvalue weighted by Gasteiger charge is 2.35. The van der Waals surface area contributed by atoms with Crippen LogP contribution in [0.1, 0.15) is 36.5 Å². The van der Waals surface area contributed by atoms with Crippen LogP contribution in [-0.4, -0.2) is 68.1 Å². The molecule has 1 fully saturated rings. The monoisotopic (exact) mass is 377 g/mol. The lowest BCUT2D eigenvalue weighted by Gasteiger charge is -2.39. The normalized spacial score (nSPS) is 16.9. The van der Waals surface area contributed by atoms with Crippen molar-refractivity contribution >= 4 is 23.6 Å². The molecule has 1 unspecified atom stereocenters. The highest BCUT2D eigenvalue weighted by atomic mass is 16.5. The predicted molar refractivity (Wildman–Crippen MR) is 101 cm³/mol. The standard InChI is InChI=1S/C19H27N3O5/c1-5-6-7-15-17(23)21(2)10-11-22(15)19(25)20-14-12-13(18(24)27-4)8-9-16(14)26-3/h8-9,12,15H,5-7,10-11H2,1-4H3,(H,20,25). The van der Waals surface area contributed by atoms with Gasteiger partial charge >= 0.3 is 12.0 Å². The van der Waals surface area contributed by atoms with Crippen LogP contribution in [0, 0.1) is 0 Å². The molecule has 8 heteroatoms. The van der Waals surface area contributed by atoms with E-state index in [1.54, 1.807) is 29.0 Å². The van der Waals surface area contributed by atoms with Gasteiger partial charge in [-0.1, -0.05) is 19.8 Å². The number of urea groups is 1. The number of benzene rings is 1. The van der Waals surface area contributed by atoms with E-state index in [0.29, 0.717) is 36.5 Å². The molecular formula is C19H27N3O5. The zero-order valence-electron chi connectivity index (χ0n) is 16.3. The molecule has 3 amide bonds. The fourth-order valence-corrected chi connectivity index (χ4v) is 3.07. The first kappa shape index (κ1) is 20.5. The van der Waals surface area contributed by atoms with E-state index in [2.05, 4.69) is 5.32 Å². The summed E-state index contributed by atoms with van der Waals surface area (Å²) in [5, 5.41) is 2.78. The van der Waals surface area contributed by atoms with E-state index in [4.69, 9.17) is 9.47 Å². The van der Waals surface area contributed by atoms with Crippen LogP contribution in [0.4, 0.5) is 10.5 Å². The Morgan fingerprint density at radius 3 is 2.63 bits per heavy atom. The van der Waals surface area contributed by atoms with Gasteiger partial charge in [0, 0.05) is 20.1 Å². The summed E-state index contributed by atoms with van der Waals surface area (Å²) < 4.78 is 9.99. The largest absolute Gasteiger partial charge is 0.495 e. The number of hydrogen-bond acceptors (Lipinski definition) is 5. The first-order valence-electron chi connectivity index (χ1n) is 9.01. The Morgan fingerprint density at radius 2 is 2.00 bits per heavy atom. The molecule has 2 rings (SSSR count). The van der Waals surface area contributed by atoms with Crippen LogP contribution in [0.3, 0.4) is 0 Å². The van der Waals surface area contributed by atoms with Crippen molar-refractivity contribution in [3.05, 3.63) is 23.8 Å². The number of rotatable bonds is 6. The van der Waals surface area contributed by atoms with Gasteiger partial charge in [-0.3, -0.25) is 4.79 Å². The zero-order valence-corrected chi connectivity index (χ0v) is 16.3. The molecule has 1 aromatic carbocycles. The first-order chi connectivity index (χ1) is 12.9. The van der Waals surface area contributed by atoms with Crippen molar-refractivity contribution in [1.29, 1.82) is 0 Å². The fraction of sp³-hybridized carbons (Fsp3) is 0.526. The molecule has 1 aliphatic rings. The maximum atomic E-state index is 12.9. The van der Waals surface area contributed by atoms with Gasteiger partial charge in [-0.25, -0.2) is 9.59 Å². The lowest BCUT2D eigenvalue weighted by molar-refractivity contribution is -0.138. The number of nitrogens with zero attached hydrogens (tertiary/aromatic N) is 2. The number of carbonyl (C=O) groups is 3. The number of ether oxygens (including phenoxy) is 2. The molecule has 1 saturated heterocycles. The number of methoxy groups -OCH3 is 2. The predicted octanol–water partition coefficient (Wildman–Crippen LogP) is 2.35.